The number of rotatable bonds is 5. The number of morpholine rings is 1. The molecular weight excluding hydrogens is 405 g/mol. The van der Waals surface area contributed by atoms with Crippen molar-refractivity contribution in [3.05, 3.63) is 47.5 Å². The number of carbonyl (C=O) groups excluding carboxylic acids is 2. The van der Waals surface area contributed by atoms with Crippen molar-refractivity contribution in [2.24, 2.45) is 0 Å². The van der Waals surface area contributed by atoms with E-state index in [9.17, 15) is 19.1 Å². The van der Waals surface area contributed by atoms with Crippen molar-refractivity contribution < 1.29 is 23.8 Å². The predicted molar refractivity (Wildman–Crippen MR) is 108 cm³/mol. The monoisotopic (exact) mass is 431 g/mol. The van der Waals surface area contributed by atoms with Crippen molar-refractivity contribution in [2.75, 3.05) is 39.4 Å². The smallest absolute Gasteiger partial charge is 0.276 e. The van der Waals surface area contributed by atoms with Crippen LogP contribution in [0.1, 0.15) is 28.9 Å². The van der Waals surface area contributed by atoms with E-state index in [4.69, 9.17) is 4.74 Å². The second kappa shape index (κ2) is 9.11. The number of hydrogen-bond donors (Lipinski definition) is 1. The van der Waals surface area contributed by atoms with Crippen LogP contribution in [-0.2, 0) is 22.5 Å². The number of aliphatic hydroxyl groups is 1. The van der Waals surface area contributed by atoms with E-state index >= 15 is 0 Å². The number of carbonyl (C=O) groups is 2. The molecule has 166 valence electrons. The molecule has 0 atom stereocenters. The van der Waals surface area contributed by atoms with Gasteiger partial charge < -0.3 is 19.6 Å². The first kappa shape index (κ1) is 21.4. The average Bonchev–Trinajstić information content (AvgIpc) is 3.23. The Morgan fingerprint density at radius 2 is 1.81 bits per heavy atom. The number of halogens is 1. The Labute approximate surface area is 179 Å². The Kier molecular flexibility index (Phi) is 6.28. The van der Waals surface area contributed by atoms with E-state index in [0.29, 0.717) is 57.8 Å². The Balaban J connectivity index is 1.31. The van der Waals surface area contributed by atoms with Gasteiger partial charge in [-0.3, -0.25) is 9.59 Å². The fraction of sp³-hybridized carbons (Fsp3) is 0.524. The van der Waals surface area contributed by atoms with E-state index in [1.807, 2.05) is 0 Å². The van der Waals surface area contributed by atoms with Crippen molar-refractivity contribution in [3.8, 4) is 0 Å². The largest absolute Gasteiger partial charge is 0.388 e. The minimum Gasteiger partial charge on any atom is -0.388 e. The third-order valence-corrected chi connectivity index (χ3v) is 5.86. The standard InChI is InChI=1S/C21H26FN5O4/c22-17-4-2-1-3-16(17)13-19(28)25-7-5-21(30,6-8-25)15-27-14-18(23-24-27)20(29)26-9-11-31-12-10-26/h1-4,14,30H,5-13,15H2. The van der Waals surface area contributed by atoms with Crippen LogP contribution in [0.2, 0.25) is 0 Å². The van der Waals surface area contributed by atoms with Crippen molar-refractivity contribution in [2.45, 2.75) is 31.4 Å². The van der Waals surface area contributed by atoms with Gasteiger partial charge in [-0.05, 0) is 24.5 Å². The Morgan fingerprint density at radius 3 is 2.52 bits per heavy atom. The van der Waals surface area contributed by atoms with Gasteiger partial charge in [-0.15, -0.1) is 5.10 Å². The predicted octanol–water partition coefficient (Wildman–Crippen LogP) is 0.486. The maximum absolute atomic E-state index is 13.8. The molecule has 1 aromatic heterocycles. The SMILES string of the molecule is O=C(Cc1ccccc1F)N1CCC(O)(Cn2cc(C(=O)N3CCOCC3)nn2)CC1. The number of amides is 2. The number of likely N-dealkylation sites (tertiary alicyclic amines) is 1. The van der Waals surface area contributed by atoms with Crippen LogP contribution in [0.5, 0.6) is 0 Å². The topological polar surface area (TPSA) is 101 Å². The molecular formula is C21H26FN5O4. The van der Waals surface area contributed by atoms with Crippen LogP contribution in [0.3, 0.4) is 0 Å². The number of piperidine rings is 1. The molecule has 2 amide bonds. The third-order valence-electron chi connectivity index (χ3n) is 5.86. The van der Waals surface area contributed by atoms with Crippen LogP contribution in [0.25, 0.3) is 0 Å². The van der Waals surface area contributed by atoms with Crippen LogP contribution < -0.4 is 0 Å². The molecule has 2 fully saturated rings. The van der Waals surface area contributed by atoms with Gasteiger partial charge in [0.2, 0.25) is 5.91 Å². The lowest BCUT2D eigenvalue weighted by Gasteiger charge is -2.38. The summed E-state index contributed by atoms with van der Waals surface area (Å²) < 4.78 is 20.5. The van der Waals surface area contributed by atoms with Crippen molar-refractivity contribution >= 4 is 11.8 Å². The molecule has 2 saturated heterocycles. The molecule has 1 N–H and O–H groups in total. The van der Waals surface area contributed by atoms with E-state index in [1.165, 1.54) is 10.7 Å². The fourth-order valence-electron chi connectivity index (χ4n) is 3.95. The van der Waals surface area contributed by atoms with Gasteiger partial charge in [-0.25, -0.2) is 9.07 Å². The summed E-state index contributed by atoms with van der Waals surface area (Å²) in [5.74, 6) is -0.751. The minimum absolute atomic E-state index is 0.00118. The summed E-state index contributed by atoms with van der Waals surface area (Å²) in [5, 5.41) is 18.9. The molecule has 31 heavy (non-hydrogen) atoms. The molecule has 2 aliphatic rings. The number of hydrogen-bond acceptors (Lipinski definition) is 6. The zero-order valence-electron chi connectivity index (χ0n) is 17.2. The zero-order valence-corrected chi connectivity index (χ0v) is 17.2. The third kappa shape index (κ3) is 5.08. The highest BCUT2D eigenvalue weighted by molar-refractivity contribution is 5.92. The fourth-order valence-corrected chi connectivity index (χ4v) is 3.95. The van der Waals surface area contributed by atoms with Crippen LogP contribution in [0.4, 0.5) is 4.39 Å². The second-order valence-electron chi connectivity index (χ2n) is 8.08. The van der Waals surface area contributed by atoms with Crippen LogP contribution >= 0.6 is 0 Å². The number of nitrogens with zero attached hydrogens (tertiary/aromatic N) is 5. The highest BCUT2D eigenvalue weighted by Crippen LogP contribution is 2.25. The minimum atomic E-state index is -1.05. The zero-order chi connectivity index (χ0) is 21.8. The van der Waals surface area contributed by atoms with Crippen LogP contribution in [0, 0.1) is 5.82 Å². The van der Waals surface area contributed by atoms with Crippen LogP contribution in [-0.4, -0.2) is 86.7 Å². The molecule has 4 rings (SSSR count). The molecule has 10 heteroatoms. The first-order valence-electron chi connectivity index (χ1n) is 10.4. The molecule has 0 saturated carbocycles. The van der Waals surface area contributed by atoms with Crippen LogP contribution in [0.15, 0.2) is 30.5 Å². The molecule has 0 spiro atoms. The highest BCUT2D eigenvalue weighted by Gasteiger charge is 2.35. The van der Waals surface area contributed by atoms with E-state index in [-0.39, 0.29) is 30.5 Å². The van der Waals surface area contributed by atoms with E-state index in [1.54, 1.807) is 34.2 Å². The van der Waals surface area contributed by atoms with Crippen molar-refractivity contribution in [3.63, 3.8) is 0 Å². The molecule has 0 aliphatic carbocycles. The lowest BCUT2D eigenvalue weighted by Crippen LogP contribution is -2.49. The molecule has 0 unspecified atom stereocenters. The van der Waals surface area contributed by atoms with Gasteiger partial charge in [0.1, 0.15) is 5.82 Å². The molecule has 9 nitrogen and oxygen atoms in total. The van der Waals surface area contributed by atoms with Gasteiger partial charge in [-0.2, -0.15) is 0 Å². The van der Waals surface area contributed by atoms with Gasteiger partial charge in [0.05, 0.1) is 38.0 Å². The van der Waals surface area contributed by atoms with E-state index in [2.05, 4.69) is 10.3 Å². The first-order chi connectivity index (χ1) is 14.9. The Bertz CT molecular complexity index is 935. The Morgan fingerprint density at radius 1 is 1.10 bits per heavy atom. The van der Waals surface area contributed by atoms with E-state index in [0.717, 1.165) is 0 Å². The number of ether oxygens (including phenoxy) is 1. The number of aromatic nitrogens is 3. The summed E-state index contributed by atoms with van der Waals surface area (Å²) in [6.45, 7) is 2.98. The highest BCUT2D eigenvalue weighted by atomic mass is 19.1. The summed E-state index contributed by atoms with van der Waals surface area (Å²) >= 11 is 0. The summed E-state index contributed by atoms with van der Waals surface area (Å²) in [5.41, 5.74) is -0.446. The first-order valence-corrected chi connectivity index (χ1v) is 10.4. The van der Waals surface area contributed by atoms with Gasteiger partial charge in [0.25, 0.3) is 5.91 Å². The summed E-state index contributed by atoms with van der Waals surface area (Å²) in [6.07, 6.45) is 2.28. The lowest BCUT2D eigenvalue weighted by atomic mass is 9.91. The second-order valence-corrected chi connectivity index (χ2v) is 8.08. The van der Waals surface area contributed by atoms with Gasteiger partial charge in [-0.1, -0.05) is 23.4 Å². The van der Waals surface area contributed by atoms with Gasteiger partial charge >= 0.3 is 0 Å². The number of benzene rings is 1. The molecule has 0 radical (unpaired) electrons. The molecule has 2 aliphatic heterocycles. The normalized spacial score (nSPS) is 18.8. The lowest BCUT2D eigenvalue weighted by molar-refractivity contribution is -0.135. The molecule has 3 heterocycles. The Hall–Kier alpha value is -2.85. The molecule has 1 aromatic carbocycles. The van der Waals surface area contributed by atoms with Crippen molar-refractivity contribution in [1.82, 2.24) is 24.8 Å². The molecule has 0 bridgehead atoms. The average molecular weight is 431 g/mol. The maximum Gasteiger partial charge on any atom is 0.276 e. The van der Waals surface area contributed by atoms with Gasteiger partial charge in [0, 0.05) is 26.2 Å². The quantitative estimate of drug-likeness (QED) is 0.739. The maximum atomic E-state index is 13.8. The summed E-state index contributed by atoms with van der Waals surface area (Å²) in [7, 11) is 0. The van der Waals surface area contributed by atoms with Crippen molar-refractivity contribution in [1.29, 1.82) is 0 Å². The van der Waals surface area contributed by atoms with E-state index < -0.39 is 11.4 Å². The summed E-state index contributed by atoms with van der Waals surface area (Å²) in [4.78, 5) is 28.3. The molecule has 2 aromatic rings. The van der Waals surface area contributed by atoms with Gasteiger partial charge in [0.15, 0.2) is 5.69 Å². The summed E-state index contributed by atoms with van der Waals surface area (Å²) in [6, 6.07) is 6.24.